The molecule has 1 N–H and O–H groups in total. The van der Waals surface area contributed by atoms with Gasteiger partial charge in [0, 0.05) is 7.11 Å². The summed E-state index contributed by atoms with van der Waals surface area (Å²) in [5, 5.41) is -5.79. The van der Waals surface area contributed by atoms with Crippen LogP contribution in [0.15, 0.2) is 87.5 Å². The maximum Gasteiger partial charge on any atom is 0.432 e. The molecule has 0 spiro atoms. The predicted octanol–water partition coefficient (Wildman–Crippen LogP) is 8.61. The van der Waals surface area contributed by atoms with E-state index in [9.17, 15) is 56.7 Å². The summed E-state index contributed by atoms with van der Waals surface area (Å²) in [6, 6.07) is 15.0. The molecule has 0 heterocycles. The fourth-order valence-electron chi connectivity index (χ4n) is 4.20. The van der Waals surface area contributed by atoms with Gasteiger partial charge in [0.2, 0.25) is 0 Å². The Kier molecular flexibility index (Phi) is 12.7. The van der Waals surface area contributed by atoms with E-state index >= 15 is 0 Å². The zero-order valence-electron chi connectivity index (χ0n) is 27.2. The molecule has 0 aliphatic carbocycles. The van der Waals surface area contributed by atoms with E-state index in [1.165, 1.54) is 12.1 Å². The lowest BCUT2D eigenvalue weighted by molar-refractivity contribution is -0.397. The number of benzene rings is 3. The topological polar surface area (TPSA) is 101 Å². The summed E-state index contributed by atoms with van der Waals surface area (Å²) in [4.78, 5) is 1.11. The third kappa shape index (κ3) is 10.1. The first kappa shape index (κ1) is 42.9. The zero-order chi connectivity index (χ0) is 39.6. The average Bonchev–Trinajstić information content (AvgIpc) is 2.99. The van der Waals surface area contributed by atoms with E-state index in [4.69, 9.17) is 14.0 Å². The molecule has 0 saturated carbocycles. The molecule has 0 aromatic heterocycles. The van der Waals surface area contributed by atoms with Gasteiger partial charge in [-0.3, -0.25) is 4.55 Å². The zero-order valence-corrected chi connectivity index (χ0v) is 28.8. The standard InChI is InChI=1S/C31H29F11O8S2/c1-26(2,3)50-21-9-15-24(16-10-21)51(23-13-7-20(8-14-23)49-25(28(32,33)34)29(35,36)52(43,44)45)22-11-5-19(6-12-22)47-17-27(30(37,38)39,31(40,41)42)48-18-46-4/h5-16,25H,17-18H2,1-4H3/p+1. The molecule has 3 rings (SSSR count). The van der Waals surface area contributed by atoms with Gasteiger partial charge in [-0.05, 0) is 93.6 Å². The normalized spacial score (nSPS) is 14.8. The summed E-state index contributed by atoms with van der Waals surface area (Å²) in [6.07, 6.45) is -22.2. The lowest BCUT2D eigenvalue weighted by Gasteiger charge is -2.36. The molecule has 3 aromatic rings. The van der Waals surface area contributed by atoms with Crippen molar-refractivity contribution in [2.75, 3.05) is 20.5 Å². The van der Waals surface area contributed by atoms with Gasteiger partial charge in [0.25, 0.3) is 11.7 Å². The van der Waals surface area contributed by atoms with Crippen LogP contribution in [0.2, 0.25) is 0 Å². The Morgan fingerprint density at radius 2 is 1.08 bits per heavy atom. The molecule has 3 aromatic carbocycles. The molecule has 52 heavy (non-hydrogen) atoms. The van der Waals surface area contributed by atoms with E-state index < -0.39 is 87.0 Å². The van der Waals surface area contributed by atoms with Crippen LogP contribution in [-0.4, -0.2) is 74.6 Å². The number of methoxy groups -OCH3 is 1. The summed E-state index contributed by atoms with van der Waals surface area (Å²) >= 11 is 0. The Labute approximate surface area is 292 Å². The van der Waals surface area contributed by atoms with Crippen molar-refractivity contribution in [2.24, 2.45) is 0 Å². The van der Waals surface area contributed by atoms with E-state index in [-0.39, 0.29) is 4.90 Å². The third-order valence-electron chi connectivity index (χ3n) is 6.58. The van der Waals surface area contributed by atoms with Gasteiger partial charge < -0.3 is 23.7 Å². The summed E-state index contributed by atoms with van der Waals surface area (Å²) in [5.74, 6) is -0.885. The average molecular weight is 804 g/mol. The van der Waals surface area contributed by atoms with Crippen molar-refractivity contribution in [2.45, 2.75) is 76.5 Å². The van der Waals surface area contributed by atoms with E-state index in [0.29, 0.717) is 15.5 Å². The smallest absolute Gasteiger partial charge is 0.432 e. The van der Waals surface area contributed by atoms with Gasteiger partial charge in [-0.15, -0.1) is 0 Å². The van der Waals surface area contributed by atoms with Crippen LogP contribution in [0.5, 0.6) is 17.2 Å². The summed E-state index contributed by atoms with van der Waals surface area (Å²) in [7, 11) is -7.00. The first-order valence-corrected chi connectivity index (χ1v) is 17.0. The van der Waals surface area contributed by atoms with Crippen molar-refractivity contribution in [3.63, 3.8) is 0 Å². The molecule has 0 bridgehead atoms. The van der Waals surface area contributed by atoms with Crippen LogP contribution in [0.25, 0.3) is 0 Å². The van der Waals surface area contributed by atoms with E-state index in [1.807, 2.05) is 0 Å². The molecule has 2 atom stereocenters. The molecule has 0 aliphatic heterocycles. The highest BCUT2D eigenvalue weighted by molar-refractivity contribution is 7.97. The molecule has 290 valence electrons. The number of alkyl halides is 11. The van der Waals surface area contributed by atoms with Gasteiger partial charge >= 0.3 is 33.9 Å². The maximum atomic E-state index is 14.1. The van der Waals surface area contributed by atoms with E-state index in [0.717, 1.165) is 43.5 Å². The number of rotatable bonds is 14. The second kappa shape index (κ2) is 15.4. The summed E-state index contributed by atoms with van der Waals surface area (Å²) in [5.41, 5.74) is -5.35. The van der Waals surface area contributed by atoms with Gasteiger partial charge in [0.15, 0.2) is 14.7 Å². The molecular formula is C31H30F11O8S2+. The SMILES string of the molecule is COCOC(COc1ccc([S+](c2ccc(OC(C(F)(F)F)C(F)(F)S(=O)(=O)O)cc2)c2ccc(OC(C)(C)C)cc2)cc1)(C(F)(F)F)C(F)(F)F. The quantitative estimate of drug-likeness (QED) is 0.0749. The van der Waals surface area contributed by atoms with Crippen molar-refractivity contribution in [3.05, 3.63) is 72.8 Å². The molecule has 21 heteroatoms. The van der Waals surface area contributed by atoms with Gasteiger partial charge in [-0.1, -0.05) is 0 Å². The van der Waals surface area contributed by atoms with Gasteiger partial charge in [0.1, 0.15) is 36.2 Å². The van der Waals surface area contributed by atoms with E-state index in [2.05, 4.69) is 14.2 Å². The second-order valence-electron chi connectivity index (χ2n) is 11.7. The van der Waals surface area contributed by atoms with Gasteiger partial charge in [0.05, 0.1) is 10.9 Å². The fraction of sp³-hybridized carbons (Fsp3) is 0.419. The number of ether oxygens (including phenoxy) is 5. The minimum Gasteiger partial charge on any atom is -0.490 e. The van der Waals surface area contributed by atoms with Crippen LogP contribution >= 0.6 is 0 Å². The number of halogens is 11. The van der Waals surface area contributed by atoms with Crippen molar-refractivity contribution < 1.29 is 84.9 Å². The monoisotopic (exact) mass is 803 g/mol. The van der Waals surface area contributed by atoms with Crippen molar-refractivity contribution in [1.29, 1.82) is 0 Å². The van der Waals surface area contributed by atoms with Crippen LogP contribution in [0, 0.1) is 0 Å². The molecular weight excluding hydrogens is 773 g/mol. The molecule has 0 aliphatic rings. The molecule has 8 nitrogen and oxygen atoms in total. The highest BCUT2D eigenvalue weighted by atomic mass is 32.2. The fourth-order valence-corrected chi connectivity index (χ4v) is 6.70. The Morgan fingerprint density at radius 3 is 1.42 bits per heavy atom. The highest BCUT2D eigenvalue weighted by Gasteiger charge is 2.73. The predicted molar refractivity (Wildman–Crippen MR) is 162 cm³/mol. The van der Waals surface area contributed by atoms with Crippen LogP contribution in [0.3, 0.4) is 0 Å². The molecule has 0 saturated heterocycles. The van der Waals surface area contributed by atoms with Gasteiger partial charge in [-0.2, -0.15) is 56.7 Å². The number of hydrogen-bond acceptors (Lipinski definition) is 7. The van der Waals surface area contributed by atoms with Gasteiger partial charge in [-0.25, -0.2) is 0 Å². The van der Waals surface area contributed by atoms with Crippen LogP contribution in [0.1, 0.15) is 20.8 Å². The van der Waals surface area contributed by atoms with Crippen LogP contribution in [0.4, 0.5) is 48.3 Å². The summed E-state index contributed by atoms with van der Waals surface area (Å²) < 4.78 is 205. The first-order chi connectivity index (χ1) is 23.6. The lowest BCUT2D eigenvalue weighted by atomic mass is 10.0. The molecule has 2 unspecified atom stereocenters. The van der Waals surface area contributed by atoms with Crippen LogP contribution in [-0.2, 0) is 30.5 Å². The minimum absolute atomic E-state index is 0.275. The van der Waals surface area contributed by atoms with E-state index in [1.54, 1.807) is 45.0 Å². The molecule has 0 radical (unpaired) electrons. The first-order valence-electron chi connectivity index (χ1n) is 14.3. The van der Waals surface area contributed by atoms with Crippen molar-refractivity contribution in [3.8, 4) is 17.2 Å². The largest absolute Gasteiger partial charge is 0.490 e. The minimum atomic E-state index is -6.57. The Morgan fingerprint density at radius 1 is 0.673 bits per heavy atom. The van der Waals surface area contributed by atoms with Crippen LogP contribution < -0.4 is 14.2 Å². The summed E-state index contributed by atoms with van der Waals surface area (Å²) in [6.45, 7) is 1.94. The Hall–Kier alpha value is -3.53. The highest BCUT2D eigenvalue weighted by Crippen LogP contribution is 2.46. The maximum absolute atomic E-state index is 14.1. The Bertz CT molecular complexity index is 1710. The van der Waals surface area contributed by atoms with Crippen molar-refractivity contribution in [1.82, 2.24) is 0 Å². The lowest BCUT2D eigenvalue weighted by Crippen LogP contribution is -2.62. The second-order valence-corrected chi connectivity index (χ2v) is 15.2. The Balaban J connectivity index is 2.03. The molecule has 0 amide bonds. The van der Waals surface area contributed by atoms with Crippen molar-refractivity contribution >= 4 is 21.0 Å². The third-order valence-corrected chi connectivity index (χ3v) is 9.72. The number of hydrogen-bond donors (Lipinski definition) is 1. The molecule has 0 fully saturated rings.